The standard InChI is InChI=1S/C24H28ClN3O5S/c1-16(29)28-12-4-5-17-13-20(8-9-22(17)28)34(31,32)27-11-3-6-18(15-27)24(30)26-21-14-19(25)7-10-23(21)33-2/h7-10,13-14,18H,3-6,11-12,15H2,1-2H3,(H,26,30). The molecule has 1 fully saturated rings. The van der Waals surface area contributed by atoms with Gasteiger partial charge in [0.15, 0.2) is 0 Å². The second-order valence-electron chi connectivity index (χ2n) is 8.60. The van der Waals surface area contributed by atoms with Gasteiger partial charge in [-0.05, 0) is 67.6 Å². The molecule has 0 aromatic heterocycles. The minimum Gasteiger partial charge on any atom is -0.495 e. The number of rotatable bonds is 5. The number of hydrogen-bond acceptors (Lipinski definition) is 5. The van der Waals surface area contributed by atoms with Crippen molar-refractivity contribution in [2.45, 2.75) is 37.5 Å². The zero-order valence-electron chi connectivity index (χ0n) is 19.2. The summed E-state index contributed by atoms with van der Waals surface area (Å²) in [5.41, 5.74) is 2.07. The van der Waals surface area contributed by atoms with Crippen LogP contribution in [0.25, 0.3) is 0 Å². The van der Waals surface area contributed by atoms with Gasteiger partial charge < -0.3 is 15.0 Å². The molecule has 182 valence electrons. The van der Waals surface area contributed by atoms with Crippen molar-refractivity contribution >= 4 is 44.8 Å². The van der Waals surface area contributed by atoms with Crippen LogP contribution in [0.3, 0.4) is 0 Å². The predicted molar refractivity (Wildman–Crippen MR) is 131 cm³/mol. The van der Waals surface area contributed by atoms with Gasteiger partial charge in [-0.15, -0.1) is 0 Å². The molecule has 2 aliphatic rings. The lowest BCUT2D eigenvalue weighted by Crippen LogP contribution is -2.43. The van der Waals surface area contributed by atoms with Crippen molar-refractivity contribution in [2.75, 3.05) is 37.0 Å². The summed E-state index contributed by atoms with van der Waals surface area (Å²) in [4.78, 5) is 26.8. The molecule has 2 amide bonds. The SMILES string of the molecule is COc1ccc(Cl)cc1NC(=O)C1CCCN(S(=O)(=O)c2ccc3c(c2)CCCN3C(C)=O)C1. The molecule has 8 nitrogen and oxygen atoms in total. The lowest BCUT2D eigenvalue weighted by Gasteiger charge is -2.32. The van der Waals surface area contributed by atoms with E-state index in [2.05, 4.69) is 5.32 Å². The normalized spacial score (nSPS) is 18.8. The Kier molecular flexibility index (Phi) is 7.16. The van der Waals surface area contributed by atoms with E-state index in [0.29, 0.717) is 42.4 Å². The Morgan fingerprint density at radius 3 is 2.65 bits per heavy atom. The first-order chi connectivity index (χ1) is 16.2. The van der Waals surface area contributed by atoms with Gasteiger partial charge in [0.25, 0.3) is 0 Å². The predicted octanol–water partition coefficient (Wildman–Crippen LogP) is 3.69. The number of ether oxygens (including phenoxy) is 1. The molecule has 2 aromatic carbocycles. The fourth-order valence-corrected chi connectivity index (χ4v) is 6.34. The van der Waals surface area contributed by atoms with Crippen LogP contribution in [-0.4, -0.2) is 51.3 Å². The first kappa shape index (κ1) is 24.5. The van der Waals surface area contributed by atoms with E-state index >= 15 is 0 Å². The largest absolute Gasteiger partial charge is 0.495 e. The molecular formula is C24H28ClN3O5S. The van der Waals surface area contributed by atoms with Gasteiger partial charge in [0.05, 0.1) is 23.6 Å². The highest BCUT2D eigenvalue weighted by Crippen LogP contribution is 2.33. The summed E-state index contributed by atoms with van der Waals surface area (Å²) < 4.78 is 33.5. The quantitative estimate of drug-likeness (QED) is 0.668. The van der Waals surface area contributed by atoms with Crippen LogP contribution >= 0.6 is 11.6 Å². The second kappa shape index (κ2) is 9.93. The number of nitrogens with one attached hydrogen (secondary N) is 1. The fraction of sp³-hybridized carbons (Fsp3) is 0.417. The molecule has 1 saturated heterocycles. The van der Waals surface area contributed by atoms with Crippen LogP contribution in [-0.2, 0) is 26.0 Å². The second-order valence-corrected chi connectivity index (χ2v) is 11.0. The van der Waals surface area contributed by atoms with E-state index in [1.807, 2.05) is 0 Å². The van der Waals surface area contributed by atoms with Gasteiger partial charge in [-0.3, -0.25) is 9.59 Å². The summed E-state index contributed by atoms with van der Waals surface area (Å²) in [6.45, 7) is 2.59. The van der Waals surface area contributed by atoms with Gasteiger partial charge in [0.1, 0.15) is 5.75 Å². The van der Waals surface area contributed by atoms with Crippen LogP contribution in [0.2, 0.25) is 5.02 Å². The van der Waals surface area contributed by atoms with Crippen molar-refractivity contribution < 1.29 is 22.7 Å². The number of hydrogen-bond donors (Lipinski definition) is 1. The highest BCUT2D eigenvalue weighted by atomic mass is 35.5. The summed E-state index contributed by atoms with van der Waals surface area (Å²) >= 11 is 6.05. The van der Waals surface area contributed by atoms with Crippen molar-refractivity contribution in [3.05, 3.63) is 47.0 Å². The zero-order valence-corrected chi connectivity index (χ0v) is 20.8. The molecule has 0 bridgehead atoms. The Morgan fingerprint density at radius 2 is 1.91 bits per heavy atom. The van der Waals surface area contributed by atoms with Gasteiger partial charge in [-0.2, -0.15) is 4.31 Å². The zero-order chi connectivity index (χ0) is 24.5. The Labute approximate surface area is 204 Å². The summed E-state index contributed by atoms with van der Waals surface area (Å²) in [6.07, 6.45) is 2.66. The molecule has 34 heavy (non-hydrogen) atoms. The maximum Gasteiger partial charge on any atom is 0.243 e. The van der Waals surface area contributed by atoms with E-state index in [1.165, 1.54) is 18.3 Å². The lowest BCUT2D eigenvalue weighted by atomic mass is 9.98. The average Bonchev–Trinajstić information content (AvgIpc) is 2.83. The highest BCUT2D eigenvalue weighted by Gasteiger charge is 2.34. The Hall–Kier alpha value is -2.62. The van der Waals surface area contributed by atoms with Gasteiger partial charge in [0, 0.05) is 37.3 Å². The van der Waals surface area contributed by atoms with Crippen molar-refractivity contribution in [3.63, 3.8) is 0 Å². The van der Waals surface area contributed by atoms with E-state index in [9.17, 15) is 18.0 Å². The number of benzene rings is 2. The first-order valence-electron chi connectivity index (χ1n) is 11.3. The number of aryl methyl sites for hydroxylation is 1. The average molecular weight is 506 g/mol. The third kappa shape index (κ3) is 4.92. The Bertz CT molecular complexity index is 1220. The van der Waals surface area contributed by atoms with Crippen LogP contribution in [0.1, 0.15) is 31.7 Å². The number of carbonyl (C=O) groups excluding carboxylic acids is 2. The number of amides is 2. The Balaban J connectivity index is 1.52. The summed E-state index contributed by atoms with van der Waals surface area (Å²) in [7, 11) is -2.29. The molecule has 2 aliphatic heterocycles. The minimum atomic E-state index is -3.79. The summed E-state index contributed by atoms with van der Waals surface area (Å²) in [6, 6.07) is 9.86. The van der Waals surface area contributed by atoms with Crippen LogP contribution < -0.4 is 15.0 Å². The van der Waals surface area contributed by atoms with E-state index < -0.39 is 15.9 Å². The summed E-state index contributed by atoms with van der Waals surface area (Å²) in [5.74, 6) is -0.356. The maximum atomic E-state index is 13.4. The lowest BCUT2D eigenvalue weighted by molar-refractivity contribution is -0.121. The van der Waals surface area contributed by atoms with E-state index in [0.717, 1.165) is 24.1 Å². The van der Waals surface area contributed by atoms with Gasteiger partial charge in [-0.25, -0.2) is 8.42 Å². The topological polar surface area (TPSA) is 96.0 Å². The highest BCUT2D eigenvalue weighted by molar-refractivity contribution is 7.89. The van der Waals surface area contributed by atoms with Crippen molar-refractivity contribution in [2.24, 2.45) is 5.92 Å². The van der Waals surface area contributed by atoms with E-state index in [-0.39, 0.29) is 23.3 Å². The van der Waals surface area contributed by atoms with Crippen molar-refractivity contribution in [1.29, 1.82) is 0 Å². The molecule has 10 heteroatoms. The van der Waals surface area contributed by atoms with Crippen LogP contribution in [0.5, 0.6) is 5.75 Å². The molecule has 1 N–H and O–H groups in total. The molecule has 0 saturated carbocycles. The first-order valence-corrected chi connectivity index (χ1v) is 13.1. The maximum absolute atomic E-state index is 13.4. The van der Waals surface area contributed by atoms with Crippen molar-refractivity contribution in [1.82, 2.24) is 4.31 Å². The van der Waals surface area contributed by atoms with Gasteiger partial charge in [-0.1, -0.05) is 11.6 Å². The number of anilines is 2. The molecule has 0 aliphatic carbocycles. The third-order valence-electron chi connectivity index (χ3n) is 6.36. The number of fused-ring (bicyclic) bond motifs is 1. The molecule has 2 aromatic rings. The monoisotopic (exact) mass is 505 g/mol. The molecule has 1 unspecified atom stereocenters. The molecular weight excluding hydrogens is 478 g/mol. The molecule has 4 rings (SSSR count). The number of carbonyl (C=O) groups is 2. The number of methoxy groups -OCH3 is 1. The van der Waals surface area contributed by atoms with E-state index in [4.69, 9.17) is 16.3 Å². The molecule has 1 atom stereocenters. The summed E-state index contributed by atoms with van der Waals surface area (Å²) in [5, 5.41) is 3.29. The fourth-order valence-electron chi connectivity index (χ4n) is 4.60. The van der Waals surface area contributed by atoms with Crippen LogP contribution in [0.15, 0.2) is 41.3 Å². The molecule has 2 heterocycles. The number of nitrogens with zero attached hydrogens (tertiary/aromatic N) is 2. The number of piperidine rings is 1. The molecule has 0 radical (unpaired) electrons. The third-order valence-corrected chi connectivity index (χ3v) is 8.46. The number of sulfonamides is 1. The number of halogens is 1. The van der Waals surface area contributed by atoms with Gasteiger partial charge >= 0.3 is 0 Å². The smallest absolute Gasteiger partial charge is 0.243 e. The minimum absolute atomic E-state index is 0.0576. The van der Waals surface area contributed by atoms with Crippen LogP contribution in [0, 0.1) is 5.92 Å². The van der Waals surface area contributed by atoms with E-state index in [1.54, 1.807) is 41.3 Å². The van der Waals surface area contributed by atoms with Gasteiger partial charge in [0.2, 0.25) is 21.8 Å². The van der Waals surface area contributed by atoms with Crippen molar-refractivity contribution in [3.8, 4) is 5.75 Å². The molecule has 0 spiro atoms. The Morgan fingerprint density at radius 1 is 1.12 bits per heavy atom. The van der Waals surface area contributed by atoms with Crippen LogP contribution in [0.4, 0.5) is 11.4 Å².